The first kappa shape index (κ1) is 14.1. The second-order valence-electron chi connectivity index (χ2n) is 5.94. The van der Waals surface area contributed by atoms with Gasteiger partial charge in [-0.15, -0.1) is 0 Å². The lowest BCUT2D eigenvalue weighted by atomic mass is 9.98. The van der Waals surface area contributed by atoms with Crippen molar-refractivity contribution in [2.45, 2.75) is 52.3 Å². The van der Waals surface area contributed by atoms with Crippen LogP contribution < -0.4 is 0 Å². The van der Waals surface area contributed by atoms with Gasteiger partial charge < -0.3 is 10.0 Å². The topological polar surface area (TPSA) is 40.5 Å². The van der Waals surface area contributed by atoms with Crippen molar-refractivity contribution in [1.29, 1.82) is 0 Å². The Balaban J connectivity index is 2.45. The Bertz CT molecular complexity index is 476. The summed E-state index contributed by atoms with van der Waals surface area (Å²) in [6.45, 7) is 7.36. The first-order chi connectivity index (χ1) is 8.86. The number of amides is 1. The van der Waals surface area contributed by atoms with Crippen LogP contribution in [0.3, 0.4) is 0 Å². The molecule has 0 saturated carbocycles. The highest BCUT2D eigenvalue weighted by molar-refractivity contribution is 5.77. The van der Waals surface area contributed by atoms with Crippen molar-refractivity contribution in [2.75, 3.05) is 0 Å². The maximum absolute atomic E-state index is 12.3. The van der Waals surface area contributed by atoms with E-state index in [0.29, 0.717) is 12.3 Å². The summed E-state index contributed by atoms with van der Waals surface area (Å²) in [7, 11) is 0. The molecular formula is C16H23NO2. The normalized spacial score (nSPS) is 22.2. The molecule has 0 fully saturated rings. The summed E-state index contributed by atoms with van der Waals surface area (Å²) in [6.07, 6.45) is 1.37. The molecule has 0 bridgehead atoms. The second-order valence-corrected chi connectivity index (χ2v) is 5.94. The molecule has 1 aromatic carbocycles. The molecule has 1 aromatic rings. The minimum absolute atomic E-state index is 0.000975. The molecule has 0 aliphatic heterocycles. The Morgan fingerprint density at radius 2 is 2.05 bits per heavy atom. The van der Waals surface area contributed by atoms with Crippen LogP contribution in [0.5, 0.6) is 0 Å². The summed E-state index contributed by atoms with van der Waals surface area (Å²) < 4.78 is 0. The van der Waals surface area contributed by atoms with Gasteiger partial charge in [-0.05, 0) is 37.3 Å². The predicted octanol–water partition coefficient (Wildman–Crippen LogP) is 2.89. The van der Waals surface area contributed by atoms with Crippen LogP contribution in [0.15, 0.2) is 24.3 Å². The number of carbonyl (C=O) groups excluding carboxylic acids is 1. The van der Waals surface area contributed by atoms with Crippen LogP contribution in [0.25, 0.3) is 0 Å². The minimum atomic E-state index is -1.14. The number of hydrogen-bond acceptors (Lipinski definition) is 2. The Kier molecular flexibility index (Phi) is 3.68. The molecule has 1 N–H and O–H groups in total. The molecule has 2 unspecified atom stereocenters. The van der Waals surface area contributed by atoms with Gasteiger partial charge in [0.2, 0.25) is 5.91 Å². The van der Waals surface area contributed by atoms with Gasteiger partial charge in [0.1, 0.15) is 5.72 Å². The summed E-state index contributed by atoms with van der Waals surface area (Å²) in [5, 5.41) is 10.4. The van der Waals surface area contributed by atoms with Crippen LogP contribution in [0.1, 0.15) is 51.3 Å². The van der Waals surface area contributed by atoms with E-state index in [0.717, 1.165) is 6.42 Å². The summed E-state index contributed by atoms with van der Waals surface area (Å²) in [4.78, 5) is 13.9. The first-order valence-electron chi connectivity index (χ1n) is 6.98. The Labute approximate surface area is 115 Å². The first-order valence-corrected chi connectivity index (χ1v) is 6.98. The van der Waals surface area contributed by atoms with E-state index < -0.39 is 5.72 Å². The fourth-order valence-corrected chi connectivity index (χ4v) is 3.14. The number of rotatable bonds is 3. The number of benzene rings is 1. The molecule has 2 atom stereocenters. The molecule has 104 valence electrons. The van der Waals surface area contributed by atoms with Crippen molar-refractivity contribution < 1.29 is 9.90 Å². The van der Waals surface area contributed by atoms with Crippen LogP contribution >= 0.6 is 0 Å². The van der Waals surface area contributed by atoms with Gasteiger partial charge in [0.05, 0.1) is 6.04 Å². The molecular weight excluding hydrogens is 238 g/mol. The van der Waals surface area contributed by atoms with Gasteiger partial charge in [-0.25, -0.2) is 0 Å². The highest BCUT2D eigenvalue weighted by atomic mass is 16.3. The number of fused-ring (bicyclic) bond motifs is 1. The van der Waals surface area contributed by atoms with Gasteiger partial charge >= 0.3 is 0 Å². The van der Waals surface area contributed by atoms with E-state index in [1.807, 2.05) is 19.1 Å². The highest BCUT2D eigenvalue weighted by Crippen LogP contribution is 2.42. The van der Waals surface area contributed by atoms with Gasteiger partial charge in [-0.2, -0.15) is 0 Å². The molecule has 0 saturated heterocycles. The Hall–Kier alpha value is -1.35. The third kappa shape index (κ3) is 2.52. The number of aliphatic hydroxyl groups is 1. The monoisotopic (exact) mass is 261 g/mol. The lowest BCUT2D eigenvalue weighted by Crippen LogP contribution is -2.50. The molecule has 2 rings (SSSR count). The molecule has 0 spiro atoms. The van der Waals surface area contributed by atoms with Gasteiger partial charge in [0.15, 0.2) is 0 Å². The molecule has 0 radical (unpaired) electrons. The SMILES string of the molecule is CCC(=O)N(C1c2ccccc2CC1C)C(C)(C)O. The van der Waals surface area contributed by atoms with Gasteiger partial charge in [0.25, 0.3) is 0 Å². The van der Waals surface area contributed by atoms with E-state index in [1.165, 1.54) is 11.1 Å². The largest absolute Gasteiger partial charge is 0.371 e. The second kappa shape index (κ2) is 4.97. The zero-order valence-corrected chi connectivity index (χ0v) is 12.2. The van der Waals surface area contributed by atoms with E-state index in [9.17, 15) is 9.90 Å². The van der Waals surface area contributed by atoms with Crippen LogP contribution in [-0.2, 0) is 11.2 Å². The molecule has 0 heterocycles. The molecule has 0 aromatic heterocycles. The van der Waals surface area contributed by atoms with Gasteiger partial charge in [-0.1, -0.05) is 38.1 Å². The summed E-state index contributed by atoms with van der Waals surface area (Å²) in [6, 6.07) is 8.20. The summed E-state index contributed by atoms with van der Waals surface area (Å²) in [5.41, 5.74) is 1.33. The van der Waals surface area contributed by atoms with E-state index in [-0.39, 0.29) is 11.9 Å². The number of nitrogens with zero attached hydrogens (tertiary/aromatic N) is 1. The van der Waals surface area contributed by atoms with Crippen LogP contribution in [0, 0.1) is 5.92 Å². The predicted molar refractivity (Wildman–Crippen MR) is 75.5 cm³/mol. The van der Waals surface area contributed by atoms with Gasteiger partial charge in [0, 0.05) is 6.42 Å². The Morgan fingerprint density at radius 1 is 1.42 bits per heavy atom. The zero-order chi connectivity index (χ0) is 14.2. The van der Waals surface area contributed by atoms with Crippen LogP contribution in [-0.4, -0.2) is 21.6 Å². The van der Waals surface area contributed by atoms with Gasteiger partial charge in [-0.3, -0.25) is 4.79 Å². The Morgan fingerprint density at radius 3 is 2.63 bits per heavy atom. The zero-order valence-electron chi connectivity index (χ0n) is 12.2. The lowest BCUT2D eigenvalue weighted by molar-refractivity contribution is -0.162. The summed E-state index contributed by atoms with van der Waals surface area (Å²) >= 11 is 0. The molecule has 3 heteroatoms. The third-order valence-electron chi connectivity index (χ3n) is 3.89. The van der Waals surface area contributed by atoms with Crippen molar-refractivity contribution in [2.24, 2.45) is 5.92 Å². The number of carbonyl (C=O) groups is 1. The standard InChI is InChI=1S/C16H23NO2/c1-5-14(18)17(16(3,4)19)15-11(2)10-12-8-6-7-9-13(12)15/h6-9,11,15,19H,5,10H2,1-4H3. The smallest absolute Gasteiger partial charge is 0.225 e. The molecule has 1 aliphatic carbocycles. The van der Waals surface area contributed by atoms with E-state index in [1.54, 1.807) is 18.7 Å². The average molecular weight is 261 g/mol. The van der Waals surface area contributed by atoms with Crippen LogP contribution in [0.2, 0.25) is 0 Å². The maximum atomic E-state index is 12.3. The lowest BCUT2D eigenvalue weighted by Gasteiger charge is -2.41. The maximum Gasteiger partial charge on any atom is 0.225 e. The van der Waals surface area contributed by atoms with E-state index in [4.69, 9.17) is 0 Å². The van der Waals surface area contributed by atoms with E-state index in [2.05, 4.69) is 19.1 Å². The summed E-state index contributed by atoms with van der Waals surface area (Å²) in [5.74, 6) is 0.334. The van der Waals surface area contributed by atoms with Crippen molar-refractivity contribution in [3.63, 3.8) is 0 Å². The molecule has 1 aliphatic rings. The van der Waals surface area contributed by atoms with Crippen molar-refractivity contribution in [1.82, 2.24) is 4.90 Å². The fraction of sp³-hybridized carbons (Fsp3) is 0.562. The molecule has 1 amide bonds. The van der Waals surface area contributed by atoms with Crippen molar-refractivity contribution in [3.8, 4) is 0 Å². The van der Waals surface area contributed by atoms with E-state index >= 15 is 0 Å². The minimum Gasteiger partial charge on any atom is -0.371 e. The van der Waals surface area contributed by atoms with Crippen molar-refractivity contribution in [3.05, 3.63) is 35.4 Å². The highest BCUT2D eigenvalue weighted by Gasteiger charge is 2.41. The molecule has 3 nitrogen and oxygen atoms in total. The van der Waals surface area contributed by atoms with Crippen molar-refractivity contribution >= 4 is 5.91 Å². The third-order valence-corrected chi connectivity index (χ3v) is 3.89. The number of hydrogen-bond donors (Lipinski definition) is 1. The quantitative estimate of drug-likeness (QED) is 0.850. The molecule has 19 heavy (non-hydrogen) atoms. The fourth-order valence-electron chi connectivity index (χ4n) is 3.14. The van der Waals surface area contributed by atoms with Crippen LogP contribution in [0.4, 0.5) is 0 Å². The average Bonchev–Trinajstić information content (AvgIpc) is 2.65.